The van der Waals surface area contributed by atoms with Gasteiger partial charge in [0.15, 0.2) is 0 Å². The monoisotopic (exact) mass is 294 g/mol. The molecule has 0 fully saturated rings. The minimum atomic E-state index is -1.04. The summed E-state index contributed by atoms with van der Waals surface area (Å²) in [6, 6.07) is 5.58. The lowest BCUT2D eigenvalue weighted by Gasteiger charge is -2.14. The van der Waals surface area contributed by atoms with Crippen LogP contribution < -0.4 is 0 Å². The molecule has 21 heavy (non-hydrogen) atoms. The van der Waals surface area contributed by atoms with Crippen molar-refractivity contribution in [1.29, 1.82) is 0 Å². The molecule has 1 aromatic carbocycles. The Kier molecular flexibility index (Phi) is 7.46. The van der Waals surface area contributed by atoms with Crippen LogP contribution in [-0.4, -0.2) is 35.4 Å². The number of aliphatic hydroxyl groups is 1. The molecule has 0 saturated carbocycles. The molecule has 0 aliphatic carbocycles. The van der Waals surface area contributed by atoms with Crippen LogP contribution in [0.4, 0.5) is 0 Å². The average molecular weight is 294 g/mol. The summed E-state index contributed by atoms with van der Waals surface area (Å²) in [5, 5.41) is 18.0. The number of rotatable bonds is 9. The van der Waals surface area contributed by atoms with Crippen molar-refractivity contribution in [2.75, 3.05) is 13.2 Å². The third-order valence-electron chi connectivity index (χ3n) is 3.29. The Bertz CT molecular complexity index is 452. The van der Waals surface area contributed by atoms with Crippen molar-refractivity contribution >= 4 is 11.9 Å². The first-order valence-corrected chi connectivity index (χ1v) is 7.19. The van der Waals surface area contributed by atoms with E-state index in [1.165, 1.54) is 24.3 Å². The highest BCUT2D eigenvalue weighted by Crippen LogP contribution is 2.12. The zero-order chi connectivity index (χ0) is 15.7. The Morgan fingerprint density at radius 1 is 1.14 bits per heavy atom. The van der Waals surface area contributed by atoms with E-state index in [4.69, 9.17) is 9.84 Å². The molecule has 0 bridgehead atoms. The molecule has 0 spiro atoms. The summed E-state index contributed by atoms with van der Waals surface area (Å²) in [7, 11) is 0. The Labute approximate surface area is 124 Å². The van der Waals surface area contributed by atoms with Crippen molar-refractivity contribution in [2.24, 2.45) is 5.92 Å². The molecule has 116 valence electrons. The molecule has 5 nitrogen and oxygen atoms in total. The molecule has 0 amide bonds. The van der Waals surface area contributed by atoms with E-state index in [0.29, 0.717) is 5.56 Å². The van der Waals surface area contributed by atoms with Crippen molar-refractivity contribution in [3.05, 3.63) is 35.4 Å². The number of hydrogen-bond donors (Lipinski definition) is 2. The maximum atomic E-state index is 11.8. The Morgan fingerprint density at radius 3 is 2.29 bits per heavy atom. The van der Waals surface area contributed by atoms with Gasteiger partial charge in [-0.3, -0.25) is 0 Å². The van der Waals surface area contributed by atoms with E-state index in [-0.39, 0.29) is 24.7 Å². The van der Waals surface area contributed by atoms with Gasteiger partial charge in [0.25, 0.3) is 0 Å². The van der Waals surface area contributed by atoms with Crippen LogP contribution in [0.1, 0.15) is 53.3 Å². The van der Waals surface area contributed by atoms with Crippen molar-refractivity contribution in [1.82, 2.24) is 0 Å². The van der Waals surface area contributed by atoms with Crippen molar-refractivity contribution in [3.8, 4) is 0 Å². The minimum absolute atomic E-state index is 0.00501. The molecule has 0 aliphatic heterocycles. The maximum absolute atomic E-state index is 11.8. The molecular weight excluding hydrogens is 272 g/mol. The summed E-state index contributed by atoms with van der Waals surface area (Å²) in [6.45, 7) is 2.28. The number of carbonyl (C=O) groups is 2. The number of aliphatic hydroxyl groups excluding tert-OH is 1. The third-order valence-corrected chi connectivity index (χ3v) is 3.29. The second-order valence-corrected chi connectivity index (χ2v) is 5.03. The number of carbonyl (C=O) groups excluding carboxylic acids is 1. The molecule has 1 atom stereocenters. The fourth-order valence-electron chi connectivity index (χ4n) is 1.94. The smallest absolute Gasteiger partial charge is 0.338 e. The van der Waals surface area contributed by atoms with Crippen LogP contribution in [0.25, 0.3) is 0 Å². The highest BCUT2D eigenvalue weighted by Gasteiger charge is 2.13. The molecule has 0 heterocycles. The van der Waals surface area contributed by atoms with Gasteiger partial charge in [-0.05, 0) is 30.7 Å². The zero-order valence-corrected chi connectivity index (χ0v) is 12.2. The van der Waals surface area contributed by atoms with E-state index >= 15 is 0 Å². The lowest BCUT2D eigenvalue weighted by molar-refractivity contribution is 0.0374. The van der Waals surface area contributed by atoms with Gasteiger partial charge in [0.2, 0.25) is 0 Å². The number of unbranched alkanes of at least 4 members (excludes halogenated alkanes) is 2. The number of hydrogen-bond acceptors (Lipinski definition) is 4. The van der Waals surface area contributed by atoms with Crippen molar-refractivity contribution in [3.63, 3.8) is 0 Å². The van der Waals surface area contributed by atoms with Gasteiger partial charge >= 0.3 is 11.9 Å². The van der Waals surface area contributed by atoms with Gasteiger partial charge in [-0.1, -0.05) is 26.2 Å². The highest BCUT2D eigenvalue weighted by atomic mass is 16.5. The predicted octanol–water partition coefficient (Wildman–Crippen LogP) is 2.73. The molecule has 5 heteroatoms. The van der Waals surface area contributed by atoms with Gasteiger partial charge in [0.05, 0.1) is 17.7 Å². The summed E-state index contributed by atoms with van der Waals surface area (Å²) < 4.78 is 5.17. The maximum Gasteiger partial charge on any atom is 0.338 e. The van der Waals surface area contributed by atoms with Crippen LogP contribution in [0.15, 0.2) is 24.3 Å². The number of carboxylic acids is 1. The minimum Gasteiger partial charge on any atom is -0.478 e. The summed E-state index contributed by atoms with van der Waals surface area (Å²) in [5.74, 6) is -1.58. The number of carboxylic acid groups (broad SMARTS) is 1. The van der Waals surface area contributed by atoms with Gasteiger partial charge in [-0.15, -0.1) is 0 Å². The van der Waals surface area contributed by atoms with Crippen molar-refractivity contribution < 1.29 is 24.5 Å². The van der Waals surface area contributed by atoms with E-state index in [0.717, 1.165) is 25.7 Å². The molecule has 0 aromatic heterocycles. The first-order valence-electron chi connectivity index (χ1n) is 7.19. The van der Waals surface area contributed by atoms with Gasteiger partial charge in [0, 0.05) is 12.5 Å². The van der Waals surface area contributed by atoms with Crippen LogP contribution in [-0.2, 0) is 4.74 Å². The number of ether oxygens (including phenoxy) is 1. The molecule has 2 N–H and O–H groups in total. The van der Waals surface area contributed by atoms with Crippen LogP contribution in [0.3, 0.4) is 0 Å². The molecule has 1 aromatic rings. The number of aromatic carboxylic acids is 1. The normalized spacial score (nSPS) is 11.9. The quantitative estimate of drug-likeness (QED) is 0.540. The first-order chi connectivity index (χ1) is 10.1. The van der Waals surface area contributed by atoms with Crippen LogP contribution in [0, 0.1) is 5.92 Å². The molecular formula is C16H22O5. The van der Waals surface area contributed by atoms with Crippen LogP contribution in [0.5, 0.6) is 0 Å². The Hall–Kier alpha value is -1.88. The first kappa shape index (κ1) is 17.2. The van der Waals surface area contributed by atoms with Gasteiger partial charge in [-0.25, -0.2) is 9.59 Å². The highest BCUT2D eigenvalue weighted by molar-refractivity contribution is 5.92. The zero-order valence-electron chi connectivity index (χ0n) is 12.2. The van der Waals surface area contributed by atoms with E-state index in [1.807, 2.05) is 0 Å². The lowest BCUT2D eigenvalue weighted by Crippen LogP contribution is -2.17. The predicted molar refractivity (Wildman–Crippen MR) is 78.4 cm³/mol. The third kappa shape index (κ3) is 5.95. The molecule has 0 saturated heterocycles. The fraction of sp³-hybridized carbons (Fsp3) is 0.500. The number of esters is 1. The fourth-order valence-corrected chi connectivity index (χ4v) is 1.94. The van der Waals surface area contributed by atoms with Crippen molar-refractivity contribution in [2.45, 2.75) is 32.6 Å². The largest absolute Gasteiger partial charge is 0.478 e. The summed E-state index contributed by atoms with van der Waals surface area (Å²) >= 11 is 0. The van der Waals surface area contributed by atoms with Gasteiger partial charge in [0.1, 0.15) is 0 Å². The second kappa shape index (κ2) is 9.13. The van der Waals surface area contributed by atoms with Crippen LogP contribution >= 0.6 is 0 Å². The summed E-state index contributed by atoms with van der Waals surface area (Å²) in [6.07, 6.45) is 4.04. The molecule has 0 aliphatic rings. The topological polar surface area (TPSA) is 83.8 Å². The van der Waals surface area contributed by atoms with E-state index in [9.17, 15) is 14.7 Å². The van der Waals surface area contributed by atoms with E-state index in [2.05, 4.69) is 6.92 Å². The molecule has 1 unspecified atom stereocenters. The Morgan fingerprint density at radius 2 is 1.76 bits per heavy atom. The van der Waals surface area contributed by atoms with Crippen LogP contribution in [0.2, 0.25) is 0 Å². The number of benzene rings is 1. The van der Waals surface area contributed by atoms with Gasteiger partial charge < -0.3 is 14.9 Å². The van der Waals surface area contributed by atoms with Gasteiger partial charge in [-0.2, -0.15) is 0 Å². The van der Waals surface area contributed by atoms with E-state index < -0.39 is 11.9 Å². The van der Waals surface area contributed by atoms with E-state index in [1.54, 1.807) is 0 Å². The SMILES string of the molecule is CCCCCC(CO)COC(=O)c1ccc(C(=O)O)cc1. The lowest BCUT2D eigenvalue weighted by atomic mass is 10.0. The average Bonchev–Trinajstić information content (AvgIpc) is 2.50. The second-order valence-electron chi connectivity index (χ2n) is 5.03. The summed E-state index contributed by atoms with van der Waals surface area (Å²) in [4.78, 5) is 22.5. The summed E-state index contributed by atoms with van der Waals surface area (Å²) in [5.41, 5.74) is 0.435. The Balaban J connectivity index is 2.46. The standard InChI is InChI=1S/C16H22O5/c1-2-3-4-5-12(10-17)11-21-16(20)14-8-6-13(7-9-14)15(18)19/h6-9,12,17H,2-5,10-11H2,1H3,(H,18,19). The molecule has 0 radical (unpaired) electrons. The molecule has 1 rings (SSSR count).